The van der Waals surface area contributed by atoms with E-state index in [0.717, 1.165) is 0 Å². The number of benzene rings is 2. The van der Waals surface area contributed by atoms with Crippen LogP contribution >= 0.6 is 7.92 Å². The third-order valence-corrected chi connectivity index (χ3v) is 5.48. The van der Waals surface area contributed by atoms with E-state index in [4.69, 9.17) is 0 Å². The molecular formula is C17H12F2NP. The van der Waals surface area contributed by atoms with E-state index in [1.54, 1.807) is 48.7 Å². The van der Waals surface area contributed by atoms with Gasteiger partial charge in [-0.2, -0.15) is 0 Å². The molecule has 4 heteroatoms. The number of hydrogen-bond acceptors (Lipinski definition) is 1. The zero-order valence-corrected chi connectivity index (χ0v) is 12.0. The zero-order chi connectivity index (χ0) is 14.7. The first-order valence-electron chi connectivity index (χ1n) is 6.47. The van der Waals surface area contributed by atoms with E-state index in [1.165, 1.54) is 12.1 Å². The maximum absolute atomic E-state index is 14.2. The summed E-state index contributed by atoms with van der Waals surface area (Å²) in [6, 6.07) is 18.4. The molecule has 3 aromatic rings. The van der Waals surface area contributed by atoms with Gasteiger partial charge in [0.05, 0.1) is 5.44 Å². The standard InChI is InChI=1S/C17H12F2NP/c18-13-7-1-3-9-15(13)21(17-11-5-6-12-20-17)16-10-4-2-8-14(16)19/h1-12H. The molecule has 0 amide bonds. The first-order valence-corrected chi connectivity index (χ1v) is 7.82. The average Bonchev–Trinajstić information content (AvgIpc) is 2.52. The van der Waals surface area contributed by atoms with Gasteiger partial charge >= 0.3 is 0 Å². The van der Waals surface area contributed by atoms with E-state index in [1.807, 2.05) is 12.1 Å². The van der Waals surface area contributed by atoms with Crippen LogP contribution in [0.15, 0.2) is 72.9 Å². The van der Waals surface area contributed by atoms with Crippen LogP contribution in [0, 0.1) is 11.6 Å². The van der Waals surface area contributed by atoms with Crippen LogP contribution in [0.5, 0.6) is 0 Å². The Balaban J connectivity index is 2.22. The fraction of sp³-hybridized carbons (Fsp3) is 0. The van der Waals surface area contributed by atoms with Gasteiger partial charge < -0.3 is 0 Å². The lowest BCUT2D eigenvalue weighted by molar-refractivity contribution is 0.634. The van der Waals surface area contributed by atoms with Crippen molar-refractivity contribution in [3.05, 3.63) is 84.6 Å². The fourth-order valence-corrected chi connectivity index (χ4v) is 4.35. The summed E-state index contributed by atoms with van der Waals surface area (Å²) in [6.45, 7) is 0. The van der Waals surface area contributed by atoms with Gasteiger partial charge in [-0.05, 0) is 24.3 Å². The van der Waals surface area contributed by atoms with Gasteiger partial charge in [-0.1, -0.05) is 42.5 Å². The predicted octanol–water partition coefficient (Wildman–Crippen LogP) is 3.12. The van der Waals surface area contributed by atoms with Crippen molar-refractivity contribution >= 4 is 24.0 Å². The largest absolute Gasteiger partial charge is 0.256 e. The Bertz CT molecular complexity index is 701. The molecule has 104 valence electrons. The third-order valence-electron chi connectivity index (χ3n) is 3.07. The number of halogens is 2. The summed E-state index contributed by atoms with van der Waals surface area (Å²) in [5.74, 6) is -0.671. The summed E-state index contributed by atoms with van der Waals surface area (Å²) in [7, 11) is -1.35. The molecule has 0 atom stereocenters. The minimum Gasteiger partial charge on any atom is -0.256 e. The lowest BCUT2D eigenvalue weighted by Crippen LogP contribution is -2.26. The molecule has 2 aromatic carbocycles. The van der Waals surface area contributed by atoms with E-state index in [9.17, 15) is 8.78 Å². The van der Waals surface area contributed by atoms with Crippen molar-refractivity contribution in [2.24, 2.45) is 0 Å². The summed E-state index contributed by atoms with van der Waals surface area (Å²) in [6.07, 6.45) is 1.65. The van der Waals surface area contributed by atoms with Gasteiger partial charge in [0.25, 0.3) is 0 Å². The molecule has 0 saturated heterocycles. The summed E-state index contributed by atoms with van der Waals surface area (Å²) in [4.78, 5) is 4.31. The van der Waals surface area contributed by atoms with Crippen LogP contribution in [0.2, 0.25) is 0 Å². The predicted molar refractivity (Wildman–Crippen MR) is 82.9 cm³/mol. The fourth-order valence-electron chi connectivity index (χ4n) is 2.13. The van der Waals surface area contributed by atoms with E-state index < -0.39 is 7.92 Å². The number of hydrogen-bond donors (Lipinski definition) is 0. The maximum atomic E-state index is 14.2. The Morgan fingerprint density at radius 3 is 1.67 bits per heavy atom. The molecule has 3 rings (SSSR count). The second-order valence-corrected chi connectivity index (χ2v) is 6.52. The highest BCUT2D eigenvalue weighted by atomic mass is 31.1. The van der Waals surface area contributed by atoms with Crippen molar-refractivity contribution in [1.82, 2.24) is 4.98 Å². The van der Waals surface area contributed by atoms with E-state index in [2.05, 4.69) is 4.98 Å². The van der Waals surface area contributed by atoms with Crippen molar-refractivity contribution in [1.29, 1.82) is 0 Å². The van der Waals surface area contributed by atoms with Crippen molar-refractivity contribution in [2.75, 3.05) is 0 Å². The highest BCUT2D eigenvalue weighted by Crippen LogP contribution is 2.33. The third kappa shape index (κ3) is 2.84. The second-order valence-electron chi connectivity index (χ2n) is 4.43. The van der Waals surface area contributed by atoms with Gasteiger partial charge in [0.2, 0.25) is 0 Å². The molecule has 0 radical (unpaired) electrons. The van der Waals surface area contributed by atoms with Crippen LogP contribution in [-0.4, -0.2) is 4.98 Å². The normalized spacial score (nSPS) is 10.8. The van der Waals surface area contributed by atoms with Gasteiger partial charge in [0.15, 0.2) is 0 Å². The van der Waals surface area contributed by atoms with Crippen LogP contribution in [0.4, 0.5) is 8.78 Å². The summed E-state index contributed by atoms with van der Waals surface area (Å²) < 4.78 is 28.4. The van der Waals surface area contributed by atoms with Gasteiger partial charge in [-0.25, -0.2) is 8.78 Å². The van der Waals surface area contributed by atoms with Crippen molar-refractivity contribution in [2.45, 2.75) is 0 Å². The first-order chi connectivity index (χ1) is 10.3. The molecule has 0 N–H and O–H groups in total. The number of nitrogens with zero attached hydrogens (tertiary/aromatic N) is 1. The van der Waals surface area contributed by atoms with E-state index >= 15 is 0 Å². The minimum atomic E-state index is -1.35. The maximum Gasteiger partial charge on any atom is 0.131 e. The lowest BCUT2D eigenvalue weighted by atomic mass is 10.3. The molecule has 0 fully saturated rings. The van der Waals surface area contributed by atoms with Crippen molar-refractivity contribution in [3.8, 4) is 0 Å². The highest BCUT2D eigenvalue weighted by molar-refractivity contribution is 7.79. The van der Waals surface area contributed by atoms with Crippen molar-refractivity contribution < 1.29 is 8.78 Å². The molecule has 1 nitrogen and oxygen atoms in total. The topological polar surface area (TPSA) is 12.9 Å². The Hall–Kier alpha value is -2.12. The highest BCUT2D eigenvalue weighted by Gasteiger charge is 2.23. The molecule has 0 spiro atoms. The molecule has 0 aliphatic rings. The Morgan fingerprint density at radius 1 is 0.667 bits per heavy atom. The Kier molecular flexibility index (Phi) is 4.03. The molecular weight excluding hydrogens is 287 g/mol. The van der Waals surface area contributed by atoms with Gasteiger partial charge in [0.1, 0.15) is 11.6 Å². The monoisotopic (exact) mass is 299 g/mol. The van der Waals surface area contributed by atoms with Crippen LogP contribution < -0.4 is 16.0 Å². The van der Waals surface area contributed by atoms with Crippen LogP contribution in [0.1, 0.15) is 0 Å². The molecule has 0 aliphatic heterocycles. The van der Waals surface area contributed by atoms with Crippen LogP contribution in [0.25, 0.3) is 0 Å². The second kappa shape index (κ2) is 6.11. The van der Waals surface area contributed by atoms with Gasteiger partial charge in [-0.3, -0.25) is 4.98 Å². The number of aromatic nitrogens is 1. The molecule has 0 bridgehead atoms. The molecule has 1 heterocycles. The summed E-state index contributed by atoms with van der Waals surface area (Å²) in [5.41, 5.74) is 0.683. The van der Waals surface area contributed by atoms with Crippen LogP contribution in [-0.2, 0) is 0 Å². The zero-order valence-electron chi connectivity index (χ0n) is 11.1. The first kappa shape index (κ1) is 13.8. The van der Waals surface area contributed by atoms with Crippen LogP contribution in [0.3, 0.4) is 0 Å². The van der Waals surface area contributed by atoms with Gasteiger partial charge in [0, 0.05) is 24.7 Å². The van der Waals surface area contributed by atoms with Gasteiger partial charge in [-0.15, -0.1) is 0 Å². The molecule has 0 saturated carbocycles. The Labute approximate surface area is 123 Å². The van der Waals surface area contributed by atoms with E-state index in [0.29, 0.717) is 16.0 Å². The number of pyridine rings is 1. The molecule has 21 heavy (non-hydrogen) atoms. The van der Waals surface area contributed by atoms with E-state index in [-0.39, 0.29) is 11.6 Å². The summed E-state index contributed by atoms with van der Waals surface area (Å²) >= 11 is 0. The smallest absolute Gasteiger partial charge is 0.131 e. The quantitative estimate of drug-likeness (QED) is 0.677. The Morgan fingerprint density at radius 2 is 1.19 bits per heavy atom. The molecule has 1 aromatic heterocycles. The SMILES string of the molecule is Fc1ccccc1P(c1ccccn1)c1ccccc1F. The average molecular weight is 299 g/mol. The molecule has 0 unspecified atom stereocenters. The molecule has 0 aliphatic carbocycles. The lowest BCUT2D eigenvalue weighted by Gasteiger charge is -2.19. The minimum absolute atomic E-state index is 0.336. The number of rotatable bonds is 3. The summed E-state index contributed by atoms with van der Waals surface area (Å²) in [5, 5.41) is 0.965. The van der Waals surface area contributed by atoms with Crippen molar-refractivity contribution in [3.63, 3.8) is 0 Å².